The first kappa shape index (κ1) is 18.3. The predicted molar refractivity (Wildman–Crippen MR) is 101 cm³/mol. The molecule has 7 heteroatoms. The minimum absolute atomic E-state index is 0.0243. The molecule has 1 atom stereocenters. The molecule has 0 saturated carbocycles. The van der Waals surface area contributed by atoms with E-state index in [1.165, 1.54) is 13.0 Å². The van der Waals surface area contributed by atoms with E-state index in [0.717, 1.165) is 11.3 Å². The van der Waals surface area contributed by atoms with Gasteiger partial charge in [0.2, 0.25) is 5.91 Å². The molecule has 0 unspecified atom stereocenters. The van der Waals surface area contributed by atoms with Gasteiger partial charge in [-0.3, -0.25) is 9.52 Å². The molecule has 6 nitrogen and oxygen atoms in total. The van der Waals surface area contributed by atoms with Crippen LogP contribution in [0.4, 0.5) is 11.4 Å². The minimum Gasteiger partial charge on any atom is -0.494 e. The van der Waals surface area contributed by atoms with Crippen molar-refractivity contribution >= 4 is 27.3 Å². The number of nitrogens with zero attached hydrogens (tertiary/aromatic N) is 1. The topological polar surface area (TPSA) is 75.7 Å². The van der Waals surface area contributed by atoms with Gasteiger partial charge in [-0.15, -0.1) is 0 Å². The lowest BCUT2D eigenvalue weighted by Crippen LogP contribution is -2.33. The molecular weight excluding hydrogens is 352 g/mol. The summed E-state index contributed by atoms with van der Waals surface area (Å²) < 4.78 is 33.5. The first-order valence-corrected chi connectivity index (χ1v) is 9.98. The lowest BCUT2D eigenvalue weighted by Gasteiger charge is -2.20. The van der Waals surface area contributed by atoms with Gasteiger partial charge in [0.25, 0.3) is 10.0 Å². The number of hydrogen-bond donors (Lipinski definition) is 1. The van der Waals surface area contributed by atoms with Crippen LogP contribution in [0.2, 0.25) is 0 Å². The molecule has 1 N–H and O–H groups in total. The van der Waals surface area contributed by atoms with Crippen molar-refractivity contribution < 1.29 is 17.9 Å². The highest BCUT2D eigenvalue weighted by Crippen LogP contribution is 2.34. The first-order chi connectivity index (χ1) is 12.3. The maximum atomic E-state index is 12.7. The summed E-state index contributed by atoms with van der Waals surface area (Å²) in [6.45, 7) is 5.84. The summed E-state index contributed by atoms with van der Waals surface area (Å²) in [5.74, 6) is 0.560. The van der Waals surface area contributed by atoms with E-state index in [4.69, 9.17) is 4.74 Å². The average Bonchev–Trinajstić information content (AvgIpc) is 2.90. The lowest BCUT2D eigenvalue weighted by atomic mass is 10.1. The van der Waals surface area contributed by atoms with E-state index in [1.54, 1.807) is 41.3 Å². The number of fused-ring (bicyclic) bond motifs is 1. The van der Waals surface area contributed by atoms with Gasteiger partial charge in [-0.25, -0.2) is 8.42 Å². The van der Waals surface area contributed by atoms with Crippen LogP contribution in [0, 0.1) is 0 Å². The van der Waals surface area contributed by atoms with Crippen LogP contribution in [-0.4, -0.2) is 27.0 Å². The van der Waals surface area contributed by atoms with Gasteiger partial charge in [0.1, 0.15) is 5.75 Å². The zero-order chi connectivity index (χ0) is 18.9. The largest absolute Gasteiger partial charge is 0.494 e. The fourth-order valence-corrected chi connectivity index (χ4v) is 4.38. The van der Waals surface area contributed by atoms with Crippen molar-refractivity contribution in [2.45, 2.75) is 38.1 Å². The van der Waals surface area contributed by atoms with Crippen molar-refractivity contribution in [3.05, 3.63) is 48.0 Å². The summed E-state index contributed by atoms with van der Waals surface area (Å²) >= 11 is 0. The standard InChI is InChI=1S/C19H22N2O4S/c1-4-25-17-7-5-6-16(12-17)20-26(23,24)18-8-9-19-15(11-18)10-13(2)21(19)14(3)22/h5-9,11-13,20H,4,10H2,1-3H3/t13-/m0/s1. The maximum absolute atomic E-state index is 12.7. The Labute approximate surface area is 153 Å². The fraction of sp³-hybridized carbons (Fsp3) is 0.316. The van der Waals surface area contributed by atoms with Gasteiger partial charge in [0.15, 0.2) is 0 Å². The number of hydrogen-bond acceptors (Lipinski definition) is 4. The van der Waals surface area contributed by atoms with Crippen LogP contribution in [0.25, 0.3) is 0 Å². The first-order valence-electron chi connectivity index (χ1n) is 8.50. The molecule has 0 aliphatic carbocycles. The molecule has 0 bridgehead atoms. The van der Waals surface area contributed by atoms with Crippen molar-refractivity contribution in [1.29, 1.82) is 0 Å². The van der Waals surface area contributed by atoms with Crippen LogP contribution >= 0.6 is 0 Å². The number of nitrogens with one attached hydrogen (secondary N) is 1. The van der Waals surface area contributed by atoms with Crippen LogP contribution in [0.1, 0.15) is 26.3 Å². The number of anilines is 2. The molecule has 0 aromatic heterocycles. The maximum Gasteiger partial charge on any atom is 0.261 e. The van der Waals surface area contributed by atoms with Gasteiger partial charge >= 0.3 is 0 Å². The van der Waals surface area contributed by atoms with Crippen LogP contribution < -0.4 is 14.4 Å². The third-order valence-corrected chi connectivity index (χ3v) is 5.69. The highest BCUT2D eigenvalue weighted by Gasteiger charge is 2.30. The van der Waals surface area contributed by atoms with E-state index in [-0.39, 0.29) is 16.8 Å². The highest BCUT2D eigenvalue weighted by molar-refractivity contribution is 7.92. The van der Waals surface area contributed by atoms with Crippen molar-refractivity contribution in [3.8, 4) is 5.75 Å². The number of ether oxygens (including phenoxy) is 1. The molecule has 2 aromatic carbocycles. The number of sulfonamides is 1. The van der Waals surface area contributed by atoms with E-state index in [0.29, 0.717) is 24.5 Å². The Morgan fingerprint density at radius 3 is 2.73 bits per heavy atom. The fourth-order valence-electron chi connectivity index (χ4n) is 3.28. The zero-order valence-corrected chi connectivity index (χ0v) is 15.8. The summed E-state index contributed by atoms with van der Waals surface area (Å²) in [6.07, 6.45) is 0.637. The molecule has 0 radical (unpaired) electrons. The minimum atomic E-state index is -3.73. The third kappa shape index (κ3) is 3.53. The summed E-state index contributed by atoms with van der Waals surface area (Å²) in [5.41, 5.74) is 2.08. The van der Waals surface area contributed by atoms with Gasteiger partial charge in [0, 0.05) is 24.7 Å². The molecule has 0 spiro atoms. The number of benzene rings is 2. The van der Waals surface area contributed by atoms with Crippen molar-refractivity contribution in [2.75, 3.05) is 16.2 Å². The molecule has 26 heavy (non-hydrogen) atoms. The van der Waals surface area contributed by atoms with Crippen molar-refractivity contribution in [1.82, 2.24) is 0 Å². The molecule has 0 fully saturated rings. The number of rotatable bonds is 5. The predicted octanol–water partition coefficient (Wildman–Crippen LogP) is 3.18. The molecule has 1 aliphatic heterocycles. The Morgan fingerprint density at radius 1 is 1.27 bits per heavy atom. The van der Waals surface area contributed by atoms with E-state index < -0.39 is 10.0 Å². The summed E-state index contributed by atoms with van der Waals surface area (Å²) in [6, 6.07) is 11.7. The summed E-state index contributed by atoms with van der Waals surface area (Å²) in [4.78, 5) is 13.7. The zero-order valence-electron chi connectivity index (χ0n) is 15.0. The van der Waals surface area contributed by atoms with Gasteiger partial charge < -0.3 is 9.64 Å². The second kappa shape index (κ2) is 6.99. The van der Waals surface area contributed by atoms with E-state index in [1.807, 2.05) is 13.8 Å². The second-order valence-corrected chi connectivity index (χ2v) is 7.98. The SMILES string of the molecule is CCOc1cccc(NS(=O)(=O)c2ccc3c(c2)C[C@H](C)N3C(C)=O)c1. The molecule has 1 heterocycles. The Morgan fingerprint density at radius 2 is 2.04 bits per heavy atom. The second-order valence-electron chi connectivity index (χ2n) is 6.30. The molecular formula is C19H22N2O4S. The molecule has 1 aliphatic rings. The van der Waals surface area contributed by atoms with Crippen LogP contribution in [-0.2, 0) is 21.2 Å². The molecule has 0 saturated heterocycles. The van der Waals surface area contributed by atoms with E-state index in [9.17, 15) is 13.2 Å². The normalized spacial score (nSPS) is 16.3. The van der Waals surface area contributed by atoms with E-state index >= 15 is 0 Å². The molecule has 1 amide bonds. The summed E-state index contributed by atoms with van der Waals surface area (Å²) in [7, 11) is -3.73. The van der Waals surface area contributed by atoms with Crippen LogP contribution in [0.3, 0.4) is 0 Å². The smallest absolute Gasteiger partial charge is 0.261 e. The number of carbonyl (C=O) groups excluding carboxylic acids is 1. The van der Waals surface area contributed by atoms with Crippen LogP contribution in [0.5, 0.6) is 5.75 Å². The Kier molecular flexibility index (Phi) is 4.91. The monoisotopic (exact) mass is 374 g/mol. The average molecular weight is 374 g/mol. The Balaban J connectivity index is 1.88. The van der Waals surface area contributed by atoms with Crippen molar-refractivity contribution in [2.24, 2.45) is 0 Å². The number of amides is 1. The third-order valence-electron chi connectivity index (χ3n) is 4.31. The number of carbonyl (C=O) groups is 1. The molecule has 138 valence electrons. The Bertz CT molecular complexity index is 940. The van der Waals surface area contributed by atoms with Gasteiger partial charge in [0.05, 0.1) is 17.2 Å². The van der Waals surface area contributed by atoms with Crippen LogP contribution in [0.15, 0.2) is 47.4 Å². The highest BCUT2D eigenvalue weighted by atomic mass is 32.2. The summed E-state index contributed by atoms with van der Waals surface area (Å²) in [5, 5.41) is 0. The van der Waals surface area contributed by atoms with E-state index in [2.05, 4.69) is 4.72 Å². The van der Waals surface area contributed by atoms with Gasteiger partial charge in [-0.2, -0.15) is 0 Å². The quantitative estimate of drug-likeness (QED) is 0.872. The van der Waals surface area contributed by atoms with Gasteiger partial charge in [-0.1, -0.05) is 6.07 Å². The van der Waals surface area contributed by atoms with Crippen molar-refractivity contribution in [3.63, 3.8) is 0 Å². The Hall–Kier alpha value is -2.54. The molecule has 3 rings (SSSR count). The van der Waals surface area contributed by atoms with Gasteiger partial charge in [-0.05, 0) is 56.2 Å². The lowest BCUT2D eigenvalue weighted by molar-refractivity contribution is -0.116. The molecule has 2 aromatic rings.